The van der Waals surface area contributed by atoms with E-state index in [9.17, 15) is 18.0 Å². The van der Waals surface area contributed by atoms with Crippen LogP contribution in [-0.2, 0) is 24.1 Å². The summed E-state index contributed by atoms with van der Waals surface area (Å²) in [5.41, 5.74) is -0.465. The molecule has 0 aromatic carbocycles. The second-order valence-corrected chi connectivity index (χ2v) is 5.87. The van der Waals surface area contributed by atoms with Crippen LogP contribution in [0.15, 0.2) is 22.9 Å². The normalized spacial score (nSPS) is 11.7. The van der Waals surface area contributed by atoms with E-state index in [4.69, 9.17) is 0 Å². The molecule has 0 fully saturated rings. The lowest BCUT2D eigenvalue weighted by molar-refractivity contribution is -0.141. The fraction of sp³-hybridized carbons (Fsp3) is 0.462. The molecule has 0 aliphatic carbocycles. The van der Waals surface area contributed by atoms with Gasteiger partial charge in [-0.05, 0) is 35.3 Å². The van der Waals surface area contributed by atoms with E-state index in [0.717, 1.165) is 10.5 Å². The van der Waals surface area contributed by atoms with Crippen molar-refractivity contribution >= 4 is 21.8 Å². The second kappa shape index (κ2) is 7.16. The van der Waals surface area contributed by atoms with Crippen LogP contribution in [0.3, 0.4) is 0 Å². The molecule has 0 saturated heterocycles. The number of rotatable bonds is 6. The smallest absolute Gasteiger partial charge is 0.354 e. The first-order valence-corrected chi connectivity index (χ1v) is 7.61. The quantitative estimate of drug-likeness (QED) is 0.766. The number of alkyl halides is 3. The van der Waals surface area contributed by atoms with Crippen LogP contribution >= 0.6 is 15.9 Å². The van der Waals surface area contributed by atoms with Gasteiger partial charge in [-0.2, -0.15) is 23.4 Å². The van der Waals surface area contributed by atoms with Crippen molar-refractivity contribution in [3.8, 4) is 0 Å². The van der Waals surface area contributed by atoms with E-state index in [1.54, 1.807) is 19.3 Å². The fourth-order valence-corrected chi connectivity index (χ4v) is 2.29. The minimum absolute atomic E-state index is 0.0879. The number of carbonyl (C=O) groups excluding carboxylic acids is 1. The molecule has 10 heteroatoms. The van der Waals surface area contributed by atoms with Crippen LogP contribution in [-0.4, -0.2) is 32.0 Å². The average molecular weight is 394 g/mol. The van der Waals surface area contributed by atoms with Gasteiger partial charge in [0.1, 0.15) is 6.54 Å². The molecule has 6 nitrogen and oxygen atoms in total. The molecule has 1 N–H and O–H groups in total. The number of hydrogen-bond donors (Lipinski definition) is 1. The van der Waals surface area contributed by atoms with Gasteiger partial charge in [0.15, 0.2) is 5.69 Å². The van der Waals surface area contributed by atoms with Crippen LogP contribution < -0.4 is 5.32 Å². The third kappa shape index (κ3) is 5.08. The van der Waals surface area contributed by atoms with E-state index in [0.29, 0.717) is 25.2 Å². The summed E-state index contributed by atoms with van der Waals surface area (Å²) in [6.45, 7) is 2.30. The minimum atomic E-state index is -4.44. The zero-order valence-electron chi connectivity index (χ0n) is 12.3. The molecule has 2 heterocycles. The summed E-state index contributed by atoms with van der Waals surface area (Å²) in [5.74, 6) is -0.214. The predicted octanol–water partition coefficient (Wildman–Crippen LogP) is 2.38. The van der Waals surface area contributed by atoms with E-state index in [1.807, 2.05) is 0 Å². The van der Waals surface area contributed by atoms with E-state index >= 15 is 0 Å². The van der Waals surface area contributed by atoms with Gasteiger partial charge in [-0.15, -0.1) is 0 Å². The molecule has 0 spiro atoms. The maximum absolute atomic E-state index is 12.5. The van der Waals surface area contributed by atoms with E-state index in [1.165, 1.54) is 9.36 Å². The minimum Gasteiger partial charge on any atom is -0.354 e. The number of nitrogens with one attached hydrogen (secondary N) is 1. The molecule has 0 radical (unpaired) electrons. The first-order chi connectivity index (χ1) is 10.8. The van der Waals surface area contributed by atoms with Crippen LogP contribution in [0.4, 0.5) is 13.2 Å². The van der Waals surface area contributed by atoms with Crippen molar-refractivity contribution in [1.29, 1.82) is 0 Å². The summed E-state index contributed by atoms with van der Waals surface area (Å²) in [7, 11) is 0. The third-order valence-corrected chi connectivity index (χ3v) is 3.46. The summed E-state index contributed by atoms with van der Waals surface area (Å²) < 4.78 is 41.2. The highest BCUT2D eigenvalue weighted by molar-refractivity contribution is 9.10. The van der Waals surface area contributed by atoms with Crippen molar-refractivity contribution < 1.29 is 18.0 Å². The Hall–Kier alpha value is -1.84. The Morgan fingerprint density at radius 2 is 2.17 bits per heavy atom. The number of halogens is 4. The zero-order valence-corrected chi connectivity index (χ0v) is 13.9. The third-order valence-electron chi connectivity index (χ3n) is 3.05. The summed E-state index contributed by atoms with van der Waals surface area (Å²) in [4.78, 5) is 11.7. The average Bonchev–Trinajstić information content (AvgIpc) is 3.01. The molecular weight excluding hydrogens is 379 g/mol. The Balaban J connectivity index is 1.75. The van der Waals surface area contributed by atoms with Crippen molar-refractivity contribution in [2.45, 2.75) is 32.6 Å². The number of aryl methyl sites for hydroxylation is 2. The van der Waals surface area contributed by atoms with E-state index in [-0.39, 0.29) is 12.5 Å². The van der Waals surface area contributed by atoms with Gasteiger partial charge >= 0.3 is 6.18 Å². The second-order valence-electron chi connectivity index (χ2n) is 4.95. The van der Waals surface area contributed by atoms with Crippen LogP contribution in [0.25, 0.3) is 0 Å². The Bertz CT molecular complexity index is 679. The molecule has 2 aromatic rings. The SMILES string of the molecule is Cc1cc(C(F)(F)F)nn1CCCNC(=O)Cn1cc(Br)cn1. The standard InChI is InChI=1S/C13H15BrF3N5O/c1-9-5-11(13(15,16)17)20-22(9)4-2-3-18-12(23)8-21-7-10(14)6-19-21/h5-7H,2-4,8H2,1H3,(H,18,23). The molecule has 1 amide bonds. The first-order valence-electron chi connectivity index (χ1n) is 6.82. The van der Waals surface area contributed by atoms with E-state index < -0.39 is 11.9 Å². The summed E-state index contributed by atoms with van der Waals surface area (Å²) in [6, 6.07) is 1.01. The van der Waals surface area contributed by atoms with Crippen molar-refractivity contribution in [2.75, 3.05) is 6.54 Å². The Labute approximate surface area is 138 Å². The number of amides is 1. The molecule has 0 atom stereocenters. The summed E-state index contributed by atoms with van der Waals surface area (Å²) in [5, 5.41) is 10.2. The maximum atomic E-state index is 12.5. The molecule has 0 bridgehead atoms. The largest absolute Gasteiger partial charge is 0.435 e. The van der Waals surface area contributed by atoms with Gasteiger partial charge in [0.2, 0.25) is 5.91 Å². The molecule has 0 unspecified atom stereocenters. The van der Waals surface area contributed by atoms with Gasteiger partial charge < -0.3 is 5.32 Å². The number of nitrogens with zero attached hydrogens (tertiary/aromatic N) is 4. The summed E-state index contributed by atoms with van der Waals surface area (Å²) in [6.07, 6.45) is -0.714. The molecular formula is C13H15BrF3N5O. The highest BCUT2D eigenvalue weighted by Crippen LogP contribution is 2.28. The molecule has 2 aromatic heterocycles. The highest BCUT2D eigenvalue weighted by Gasteiger charge is 2.34. The van der Waals surface area contributed by atoms with Gasteiger partial charge in [0, 0.05) is 25.0 Å². The molecule has 23 heavy (non-hydrogen) atoms. The lowest BCUT2D eigenvalue weighted by Crippen LogP contribution is -2.29. The fourth-order valence-electron chi connectivity index (χ4n) is 1.96. The molecule has 0 aliphatic heterocycles. The number of aromatic nitrogens is 4. The monoisotopic (exact) mass is 393 g/mol. The molecule has 0 aliphatic rings. The number of hydrogen-bond acceptors (Lipinski definition) is 3. The molecule has 126 valence electrons. The van der Waals surface area contributed by atoms with Crippen LogP contribution in [0.5, 0.6) is 0 Å². The topological polar surface area (TPSA) is 64.7 Å². The van der Waals surface area contributed by atoms with Crippen molar-refractivity contribution in [3.63, 3.8) is 0 Å². The first kappa shape index (κ1) is 17.5. The summed E-state index contributed by atoms with van der Waals surface area (Å²) >= 11 is 3.23. The Kier molecular flexibility index (Phi) is 5.45. The Morgan fingerprint density at radius 1 is 1.43 bits per heavy atom. The van der Waals surface area contributed by atoms with E-state index in [2.05, 4.69) is 31.4 Å². The van der Waals surface area contributed by atoms with Gasteiger partial charge in [-0.1, -0.05) is 0 Å². The van der Waals surface area contributed by atoms with Crippen LogP contribution in [0, 0.1) is 6.92 Å². The van der Waals surface area contributed by atoms with Crippen molar-refractivity contribution in [1.82, 2.24) is 24.9 Å². The van der Waals surface area contributed by atoms with Crippen LogP contribution in [0.1, 0.15) is 17.8 Å². The molecule has 0 saturated carbocycles. The van der Waals surface area contributed by atoms with Gasteiger partial charge in [0.05, 0.1) is 10.7 Å². The molecule has 2 rings (SSSR count). The lowest BCUT2D eigenvalue weighted by Gasteiger charge is -2.07. The van der Waals surface area contributed by atoms with Crippen molar-refractivity contribution in [2.24, 2.45) is 0 Å². The highest BCUT2D eigenvalue weighted by atomic mass is 79.9. The van der Waals surface area contributed by atoms with Gasteiger partial charge in [0.25, 0.3) is 0 Å². The maximum Gasteiger partial charge on any atom is 0.435 e. The van der Waals surface area contributed by atoms with Crippen molar-refractivity contribution in [3.05, 3.63) is 34.3 Å². The van der Waals surface area contributed by atoms with Gasteiger partial charge in [-0.25, -0.2) is 0 Å². The lowest BCUT2D eigenvalue weighted by atomic mass is 10.3. The zero-order chi connectivity index (χ0) is 17.0. The van der Waals surface area contributed by atoms with Crippen LogP contribution in [0.2, 0.25) is 0 Å². The van der Waals surface area contributed by atoms with Gasteiger partial charge in [-0.3, -0.25) is 14.2 Å². The number of carbonyl (C=O) groups is 1. The Morgan fingerprint density at radius 3 is 2.74 bits per heavy atom. The predicted molar refractivity (Wildman–Crippen MR) is 79.5 cm³/mol.